The van der Waals surface area contributed by atoms with Crippen LogP contribution < -0.4 is 0 Å². The van der Waals surface area contributed by atoms with Crippen molar-refractivity contribution in [1.29, 1.82) is 0 Å². The van der Waals surface area contributed by atoms with E-state index in [0.29, 0.717) is 0 Å². The van der Waals surface area contributed by atoms with Crippen LogP contribution in [-0.4, -0.2) is 29.4 Å². The molecule has 0 aromatic heterocycles. The van der Waals surface area contributed by atoms with E-state index < -0.39 is 0 Å². The Kier molecular flexibility index (Phi) is 2.76. The summed E-state index contributed by atoms with van der Waals surface area (Å²) < 4.78 is 0. The van der Waals surface area contributed by atoms with Crippen LogP contribution in [0, 0.1) is 0 Å². The van der Waals surface area contributed by atoms with Crippen LogP contribution in [0.4, 0.5) is 0 Å². The van der Waals surface area contributed by atoms with Crippen molar-refractivity contribution in [3.8, 4) is 0 Å². The highest BCUT2D eigenvalue weighted by molar-refractivity contribution is 5.84. The van der Waals surface area contributed by atoms with Crippen molar-refractivity contribution in [3.63, 3.8) is 0 Å². The Balaban J connectivity index is 2.63. The van der Waals surface area contributed by atoms with Crippen LogP contribution in [-0.2, 0) is 0 Å². The first-order chi connectivity index (χ1) is 5.59. The molecule has 0 bridgehead atoms. The summed E-state index contributed by atoms with van der Waals surface area (Å²) in [5.41, 5.74) is 0.153. The van der Waals surface area contributed by atoms with E-state index in [-0.39, 0.29) is 5.54 Å². The lowest BCUT2D eigenvalue weighted by atomic mass is 10.1. The van der Waals surface area contributed by atoms with Crippen molar-refractivity contribution in [2.24, 2.45) is 4.99 Å². The summed E-state index contributed by atoms with van der Waals surface area (Å²) in [5, 5.41) is 0. The Bertz CT molecular complexity index is 182. The van der Waals surface area contributed by atoms with Gasteiger partial charge >= 0.3 is 0 Å². The highest BCUT2D eigenvalue weighted by Gasteiger charge is 2.28. The highest BCUT2D eigenvalue weighted by Crippen LogP contribution is 2.21. The molecular formula is C10H20N2. The van der Waals surface area contributed by atoms with Crippen LogP contribution in [0.3, 0.4) is 0 Å². The lowest BCUT2D eigenvalue weighted by molar-refractivity contribution is 0.372. The number of amidine groups is 1. The SMILES string of the molecule is CCCN1CC(C)(C)N=C1CC. The second-order valence-corrected chi connectivity index (χ2v) is 4.12. The Morgan fingerprint density at radius 1 is 1.42 bits per heavy atom. The lowest BCUT2D eigenvalue weighted by Crippen LogP contribution is -2.32. The minimum atomic E-state index is 0.153. The molecule has 12 heavy (non-hydrogen) atoms. The average molecular weight is 168 g/mol. The molecule has 0 atom stereocenters. The fraction of sp³-hybridized carbons (Fsp3) is 0.900. The van der Waals surface area contributed by atoms with Gasteiger partial charge in [0.15, 0.2) is 0 Å². The molecule has 0 aliphatic carbocycles. The summed E-state index contributed by atoms with van der Waals surface area (Å²) in [6, 6.07) is 0. The Morgan fingerprint density at radius 3 is 2.58 bits per heavy atom. The van der Waals surface area contributed by atoms with Crippen molar-refractivity contribution in [1.82, 2.24) is 4.90 Å². The topological polar surface area (TPSA) is 15.6 Å². The van der Waals surface area contributed by atoms with Crippen LogP contribution in [0.5, 0.6) is 0 Å². The predicted octanol–water partition coefficient (Wildman–Crippen LogP) is 2.30. The van der Waals surface area contributed by atoms with E-state index in [1.54, 1.807) is 0 Å². The van der Waals surface area contributed by atoms with Gasteiger partial charge in [-0.3, -0.25) is 4.99 Å². The molecule has 1 aliphatic heterocycles. The van der Waals surface area contributed by atoms with Crippen molar-refractivity contribution in [3.05, 3.63) is 0 Å². The Hall–Kier alpha value is -0.530. The highest BCUT2D eigenvalue weighted by atomic mass is 15.3. The van der Waals surface area contributed by atoms with Gasteiger partial charge in [-0.25, -0.2) is 0 Å². The number of hydrogen-bond acceptors (Lipinski definition) is 2. The summed E-state index contributed by atoms with van der Waals surface area (Å²) in [6.45, 7) is 11.1. The first-order valence-corrected chi connectivity index (χ1v) is 4.92. The van der Waals surface area contributed by atoms with E-state index in [0.717, 1.165) is 19.5 Å². The van der Waals surface area contributed by atoms with Crippen molar-refractivity contribution >= 4 is 5.84 Å². The fourth-order valence-electron chi connectivity index (χ4n) is 1.79. The summed E-state index contributed by atoms with van der Waals surface area (Å²) in [6.07, 6.45) is 2.29. The molecule has 0 aromatic rings. The first-order valence-electron chi connectivity index (χ1n) is 4.92. The minimum absolute atomic E-state index is 0.153. The standard InChI is InChI=1S/C10H20N2/c1-5-7-12-8-10(3,4)11-9(12)6-2/h5-8H2,1-4H3. The molecule has 0 radical (unpaired) electrons. The van der Waals surface area contributed by atoms with Crippen LogP contribution in [0.2, 0.25) is 0 Å². The molecule has 0 spiro atoms. The Labute approximate surface area is 75.7 Å². The van der Waals surface area contributed by atoms with E-state index in [2.05, 4.69) is 37.6 Å². The fourth-order valence-corrected chi connectivity index (χ4v) is 1.79. The first kappa shape index (κ1) is 9.56. The maximum Gasteiger partial charge on any atom is 0.0994 e. The van der Waals surface area contributed by atoms with E-state index in [9.17, 15) is 0 Å². The van der Waals surface area contributed by atoms with Gasteiger partial charge in [0.25, 0.3) is 0 Å². The van der Waals surface area contributed by atoms with Crippen LogP contribution in [0.25, 0.3) is 0 Å². The molecule has 2 nitrogen and oxygen atoms in total. The molecule has 70 valence electrons. The maximum atomic E-state index is 4.68. The van der Waals surface area contributed by atoms with Crippen molar-refractivity contribution in [2.45, 2.75) is 46.1 Å². The van der Waals surface area contributed by atoms with Gasteiger partial charge in [-0.2, -0.15) is 0 Å². The monoisotopic (exact) mass is 168 g/mol. The third kappa shape index (κ3) is 1.99. The number of rotatable bonds is 3. The third-order valence-electron chi connectivity index (χ3n) is 2.18. The maximum absolute atomic E-state index is 4.68. The lowest BCUT2D eigenvalue weighted by Gasteiger charge is -2.21. The molecule has 0 unspecified atom stereocenters. The quantitative estimate of drug-likeness (QED) is 0.631. The van der Waals surface area contributed by atoms with Crippen LogP contribution >= 0.6 is 0 Å². The second-order valence-electron chi connectivity index (χ2n) is 4.12. The molecule has 1 heterocycles. The molecule has 0 aromatic carbocycles. The van der Waals surface area contributed by atoms with E-state index in [1.165, 1.54) is 12.3 Å². The molecule has 0 N–H and O–H groups in total. The molecule has 2 heteroatoms. The third-order valence-corrected chi connectivity index (χ3v) is 2.18. The number of nitrogens with zero attached hydrogens (tertiary/aromatic N) is 2. The molecule has 1 rings (SSSR count). The average Bonchev–Trinajstić information content (AvgIpc) is 2.26. The minimum Gasteiger partial charge on any atom is -0.358 e. The molecule has 0 saturated carbocycles. The van der Waals surface area contributed by atoms with E-state index in [1.807, 2.05) is 0 Å². The molecule has 1 aliphatic rings. The van der Waals surface area contributed by atoms with Crippen LogP contribution in [0.1, 0.15) is 40.5 Å². The number of aliphatic imine (C=N–C) groups is 1. The van der Waals surface area contributed by atoms with Crippen molar-refractivity contribution < 1.29 is 0 Å². The second kappa shape index (κ2) is 3.46. The summed E-state index contributed by atoms with van der Waals surface area (Å²) in [7, 11) is 0. The normalized spacial score (nSPS) is 21.3. The predicted molar refractivity (Wildman–Crippen MR) is 53.7 cm³/mol. The van der Waals surface area contributed by atoms with E-state index in [4.69, 9.17) is 0 Å². The van der Waals surface area contributed by atoms with Gasteiger partial charge in [0.05, 0.1) is 11.4 Å². The zero-order valence-electron chi connectivity index (χ0n) is 8.72. The van der Waals surface area contributed by atoms with E-state index >= 15 is 0 Å². The Morgan fingerprint density at radius 2 is 2.08 bits per heavy atom. The largest absolute Gasteiger partial charge is 0.358 e. The summed E-state index contributed by atoms with van der Waals surface area (Å²) in [4.78, 5) is 7.10. The van der Waals surface area contributed by atoms with Crippen LogP contribution in [0.15, 0.2) is 4.99 Å². The van der Waals surface area contributed by atoms with Gasteiger partial charge in [0, 0.05) is 19.5 Å². The summed E-state index contributed by atoms with van der Waals surface area (Å²) >= 11 is 0. The molecular weight excluding hydrogens is 148 g/mol. The van der Waals surface area contributed by atoms with Gasteiger partial charge in [-0.05, 0) is 20.3 Å². The van der Waals surface area contributed by atoms with Gasteiger partial charge < -0.3 is 4.90 Å². The molecule has 0 fully saturated rings. The van der Waals surface area contributed by atoms with Gasteiger partial charge in [0.1, 0.15) is 0 Å². The molecule has 0 amide bonds. The zero-order valence-corrected chi connectivity index (χ0v) is 8.72. The smallest absolute Gasteiger partial charge is 0.0994 e. The molecule has 0 saturated heterocycles. The zero-order chi connectivity index (χ0) is 9.19. The summed E-state index contributed by atoms with van der Waals surface area (Å²) in [5.74, 6) is 1.29. The van der Waals surface area contributed by atoms with Gasteiger partial charge in [0.2, 0.25) is 0 Å². The number of hydrogen-bond donors (Lipinski definition) is 0. The van der Waals surface area contributed by atoms with Crippen molar-refractivity contribution in [2.75, 3.05) is 13.1 Å². The van der Waals surface area contributed by atoms with Gasteiger partial charge in [-0.1, -0.05) is 13.8 Å². The van der Waals surface area contributed by atoms with Gasteiger partial charge in [-0.15, -0.1) is 0 Å².